The lowest BCUT2D eigenvalue weighted by Gasteiger charge is -2.07. The number of hydrogen-bond acceptors (Lipinski definition) is 5. The van der Waals surface area contributed by atoms with Gasteiger partial charge in [-0.3, -0.25) is 4.79 Å². The van der Waals surface area contributed by atoms with E-state index >= 15 is 0 Å². The number of carboxylic acid groups (broad SMARTS) is 1. The summed E-state index contributed by atoms with van der Waals surface area (Å²) >= 11 is 0. The van der Waals surface area contributed by atoms with Crippen LogP contribution in [0, 0.1) is 0 Å². The predicted octanol–water partition coefficient (Wildman–Crippen LogP) is -2.26. The van der Waals surface area contributed by atoms with Crippen molar-refractivity contribution in [1.82, 2.24) is 0 Å². The normalized spacial score (nSPS) is 15.2. The summed E-state index contributed by atoms with van der Waals surface area (Å²) in [6, 6.07) is 0. The number of carbonyl (C=O) groups excluding carboxylic acids is 1. The molecule has 0 fully saturated rings. The second-order valence-electron chi connectivity index (χ2n) is 2.22. The maximum absolute atomic E-state index is 10.7. The quantitative estimate of drug-likeness (QED) is 0.378. The minimum absolute atomic E-state index is 0.697. The van der Waals surface area contributed by atoms with Crippen LogP contribution in [0.1, 0.15) is 6.42 Å². The molecule has 0 spiro atoms. The highest BCUT2D eigenvalue weighted by atomic mass is 16.4. The van der Waals surface area contributed by atoms with Crippen molar-refractivity contribution in [3.63, 3.8) is 0 Å². The van der Waals surface area contributed by atoms with Gasteiger partial charge in [0.15, 0.2) is 11.9 Å². The molecule has 0 amide bonds. The number of aliphatic carboxylic acids is 1. The van der Waals surface area contributed by atoms with Gasteiger partial charge in [-0.25, -0.2) is 4.79 Å². The zero-order valence-electron chi connectivity index (χ0n) is 6.17. The lowest BCUT2D eigenvalue weighted by atomic mass is 10.1. The third-order valence-electron chi connectivity index (χ3n) is 1.22. The summed E-state index contributed by atoms with van der Waals surface area (Å²) in [5.41, 5.74) is 0. The van der Waals surface area contributed by atoms with Gasteiger partial charge in [0, 0.05) is 6.42 Å². The largest absolute Gasteiger partial charge is 0.479 e. The van der Waals surface area contributed by atoms with E-state index in [4.69, 9.17) is 20.4 Å². The van der Waals surface area contributed by atoms with Gasteiger partial charge in [0.2, 0.25) is 0 Å². The molecule has 0 aromatic carbocycles. The van der Waals surface area contributed by atoms with Crippen molar-refractivity contribution in [2.75, 3.05) is 6.61 Å². The van der Waals surface area contributed by atoms with Crippen LogP contribution in [0.15, 0.2) is 0 Å². The highest BCUT2D eigenvalue weighted by molar-refractivity contribution is 5.87. The lowest BCUT2D eigenvalue weighted by molar-refractivity contribution is -0.150. The van der Waals surface area contributed by atoms with Gasteiger partial charge in [-0.05, 0) is 0 Å². The molecule has 0 heterocycles. The van der Waals surface area contributed by atoms with Gasteiger partial charge >= 0.3 is 5.97 Å². The van der Waals surface area contributed by atoms with E-state index in [-0.39, 0.29) is 0 Å². The average Bonchev–Trinajstić information content (AvgIpc) is 2.02. The number of aliphatic hydroxyl groups excluding tert-OH is 3. The van der Waals surface area contributed by atoms with Gasteiger partial charge in [-0.2, -0.15) is 0 Å². The van der Waals surface area contributed by atoms with E-state index in [1.165, 1.54) is 0 Å². The zero-order chi connectivity index (χ0) is 9.72. The average molecular weight is 178 g/mol. The second kappa shape index (κ2) is 4.81. The fraction of sp³-hybridized carbons (Fsp3) is 0.667. The Morgan fingerprint density at radius 2 is 1.67 bits per heavy atom. The molecule has 0 saturated heterocycles. The number of Topliss-reactive ketones (excluding diaryl/α,β-unsaturated/α-hetero) is 1. The molecule has 70 valence electrons. The molecule has 0 aliphatic rings. The highest BCUT2D eigenvalue weighted by Crippen LogP contribution is 1.97. The molecule has 0 aliphatic heterocycles. The third-order valence-corrected chi connectivity index (χ3v) is 1.22. The van der Waals surface area contributed by atoms with E-state index < -0.39 is 37.0 Å². The van der Waals surface area contributed by atoms with Gasteiger partial charge in [0.25, 0.3) is 0 Å². The van der Waals surface area contributed by atoms with Crippen LogP contribution < -0.4 is 0 Å². The topological polar surface area (TPSA) is 115 Å². The summed E-state index contributed by atoms with van der Waals surface area (Å²) in [5, 5.41) is 33.7. The monoisotopic (exact) mass is 178 g/mol. The molecule has 0 aromatic rings. The van der Waals surface area contributed by atoms with E-state index in [0.717, 1.165) is 0 Å². The van der Waals surface area contributed by atoms with E-state index in [2.05, 4.69) is 0 Å². The molecule has 0 aromatic heterocycles. The molecule has 0 bridgehead atoms. The summed E-state index contributed by atoms with van der Waals surface area (Å²) in [6.45, 7) is -0.773. The minimum atomic E-state index is -1.82. The van der Waals surface area contributed by atoms with Crippen molar-refractivity contribution in [3.8, 4) is 0 Å². The summed E-state index contributed by atoms with van der Waals surface area (Å²) < 4.78 is 0. The SMILES string of the molecule is O=C(O)[C@@H](O)CC(=O)[C@@H](O)CO. The standard InChI is InChI=1S/C6H10O6/c7-2-5(10)3(8)1-4(9)6(11)12/h4-5,7,9-10H,1-2H2,(H,11,12)/t4-,5-/m0/s1. The Morgan fingerprint density at radius 3 is 2.00 bits per heavy atom. The first-order valence-electron chi connectivity index (χ1n) is 3.21. The van der Waals surface area contributed by atoms with Crippen molar-refractivity contribution < 1.29 is 30.0 Å². The van der Waals surface area contributed by atoms with E-state index in [9.17, 15) is 9.59 Å². The molecule has 2 atom stereocenters. The highest BCUT2D eigenvalue weighted by Gasteiger charge is 2.22. The van der Waals surface area contributed by atoms with Gasteiger partial charge < -0.3 is 20.4 Å². The molecular weight excluding hydrogens is 168 g/mol. The van der Waals surface area contributed by atoms with Gasteiger partial charge in [0.1, 0.15) is 6.10 Å². The number of rotatable bonds is 5. The number of hydrogen-bond donors (Lipinski definition) is 4. The molecule has 0 unspecified atom stereocenters. The number of aliphatic hydroxyl groups is 3. The maximum Gasteiger partial charge on any atom is 0.332 e. The van der Waals surface area contributed by atoms with E-state index in [1.807, 2.05) is 0 Å². The maximum atomic E-state index is 10.7. The molecule has 6 heteroatoms. The molecule has 0 rings (SSSR count). The molecular formula is C6H10O6. The van der Waals surface area contributed by atoms with Gasteiger partial charge in [0.05, 0.1) is 6.61 Å². The van der Waals surface area contributed by atoms with Crippen LogP contribution in [-0.2, 0) is 9.59 Å². The molecule has 12 heavy (non-hydrogen) atoms. The van der Waals surface area contributed by atoms with Crippen molar-refractivity contribution in [1.29, 1.82) is 0 Å². The third kappa shape index (κ3) is 3.42. The Bertz CT molecular complexity index is 177. The Morgan fingerprint density at radius 1 is 1.17 bits per heavy atom. The van der Waals surface area contributed by atoms with Crippen molar-refractivity contribution in [2.24, 2.45) is 0 Å². The Balaban J connectivity index is 3.92. The van der Waals surface area contributed by atoms with Crippen LogP contribution in [0.3, 0.4) is 0 Å². The Kier molecular flexibility index (Phi) is 4.42. The molecule has 0 aliphatic carbocycles. The number of carbonyl (C=O) groups is 2. The van der Waals surface area contributed by atoms with Crippen LogP contribution in [0.4, 0.5) is 0 Å². The van der Waals surface area contributed by atoms with Crippen LogP contribution in [0.5, 0.6) is 0 Å². The second-order valence-corrected chi connectivity index (χ2v) is 2.22. The molecule has 6 nitrogen and oxygen atoms in total. The van der Waals surface area contributed by atoms with Gasteiger partial charge in [-0.15, -0.1) is 0 Å². The zero-order valence-corrected chi connectivity index (χ0v) is 6.17. The summed E-state index contributed by atoms with van der Waals surface area (Å²) in [6.07, 6.45) is -4.13. The lowest BCUT2D eigenvalue weighted by Crippen LogP contribution is -2.31. The molecule has 4 N–H and O–H groups in total. The summed E-state index contributed by atoms with van der Waals surface area (Å²) in [7, 11) is 0. The van der Waals surface area contributed by atoms with Gasteiger partial charge in [-0.1, -0.05) is 0 Å². The van der Waals surface area contributed by atoms with E-state index in [1.54, 1.807) is 0 Å². The predicted molar refractivity (Wildman–Crippen MR) is 36.4 cm³/mol. The first-order valence-corrected chi connectivity index (χ1v) is 3.21. The Labute approximate surface area is 68.1 Å². The Hall–Kier alpha value is -0.980. The smallest absolute Gasteiger partial charge is 0.332 e. The minimum Gasteiger partial charge on any atom is -0.479 e. The van der Waals surface area contributed by atoms with E-state index in [0.29, 0.717) is 0 Å². The van der Waals surface area contributed by atoms with Crippen molar-refractivity contribution >= 4 is 11.8 Å². The number of ketones is 1. The van der Waals surface area contributed by atoms with Crippen LogP contribution >= 0.6 is 0 Å². The first-order chi connectivity index (χ1) is 5.49. The van der Waals surface area contributed by atoms with Crippen molar-refractivity contribution in [2.45, 2.75) is 18.6 Å². The number of carboxylic acids is 1. The van der Waals surface area contributed by atoms with Crippen molar-refractivity contribution in [3.05, 3.63) is 0 Å². The van der Waals surface area contributed by atoms with Crippen LogP contribution in [0.25, 0.3) is 0 Å². The van der Waals surface area contributed by atoms with Crippen LogP contribution in [0.2, 0.25) is 0 Å². The fourth-order valence-electron chi connectivity index (χ4n) is 0.516. The summed E-state index contributed by atoms with van der Waals surface area (Å²) in [4.78, 5) is 20.7. The fourth-order valence-corrected chi connectivity index (χ4v) is 0.516. The van der Waals surface area contributed by atoms with Crippen LogP contribution in [-0.4, -0.2) is 51.0 Å². The summed E-state index contributed by atoms with van der Waals surface area (Å²) in [5.74, 6) is -2.43. The molecule has 0 saturated carbocycles. The first kappa shape index (κ1) is 11.0. The molecule has 0 radical (unpaired) electrons.